The van der Waals surface area contributed by atoms with Crippen molar-refractivity contribution in [1.82, 2.24) is 4.90 Å². The summed E-state index contributed by atoms with van der Waals surface area (Å²) < 4.78 is 49.6. The van der Waals surface area contributed by atoms with Crippen LogP contribution in [0.3, 0.4) is 0 Å². The van der Waals surface area contributed by atoms with Crippen LogP contribution in [0, 0.1) is 0 Å². The Morgan fingerprint density at radius 1 is 0.471 bits per heavy atom. The largest absolute Gasteiger partial charge is 0.471 e. The van der Waals surface area contributed by atoms with Gasteiger partial charge in [0.15, 0.2) is 0 Å². The van der Waals surface area contributed by atoms with Crippen LogP contribution < -0.4 is 0 Å². The fourth-order valence-electron chi connectivity index (χ4n) is 5.86. The number of nitrogens with zero attached hydrogens (tertiary/aromatic N) is 1. The van der Waals surface area contributed by atoms with Gasteiger partial charge in [-0.15, -0.1) is 0 Å². The van der Waals surface area contributed by atoms with Gasteiger partial charge in [0.05, 0.1) is 13.1 Å². The molecule has 298 valence electrons. The molecule has 0 aromatic carbocycles. The Morgan fingerprint density at radius 3 is 1.08 bits per heavy atom. The lowest BCUT2D eigenvalue weighted by Crippen LogP contribution is -2.44. The van der Waals surface area contributed by atoms with Crippen molar-refractivity contribution in [3.8, 4) is 0 Å². The second-order valence-corrected chi connectivity index (χ2v) is 13.9. The highest BCUT2D eigenvalue weighted by molar-refractivity contribution is 5.82. The van der Waals surface area contributed by atoms with Crippen molar-refractivity contribution in [3.05, 3.63) is 24.3 Å². The minimum Gasteiger partial charge on any atom is -0.464 e. The number of esters is 2. The van der Waals surface area contributed by atoms with Gasteiger partial charge in [0.1, 0.15) is 13.2 Å². The van der Waals surface area contributed by atoms with Gasteiger partial charge in [-0.3, -0.25) is 14.4 Å². The van der Waals surface area contributed by atoms with Crippen LogP contribution >= 0.6 is 0 Å². The summed E-state index contributed by atoms with van der Waals surface area (Å²) in [6.45, 7) is 2.96. The lowest BCUT2D eigenvalue weighted by atomic mass is 10.1. The number of halogens is 3. The average molecular weight is 730 g/mol. The van der Waals surface area contributed by atoms with E-state index in [0.717, 1.165) is 77.0 Å². The van der Waals surface area contributed by atoms with E-state index >= 15 is 0 Å². The number of hydrogen-bond donors (Lipinski definition) is 0. The van der Waals surface area contributed by atoms with E-state index in [9.17, 15) is 27.6 Å². The predicted octanol–water partition coefficient (Wildman–Crippen LogP) is 12.5. The highest BCUT2D eigenvalue weighted by Crippen LogP contribution is 2.19. The van der Waals surface area contributed by atoms with Crippen LogP contribution in [-0.2, 0) is 23.9 Å². The molecule has 0 rings (SSSR count). The fraction of sp³-hybridized carbons (Fsp3) is 0.833. The molecular weight excluding hydrogens is 655 g/mol. The summed E-state index contributed by atoms with van der Waals surface area (Å²) >= 11 is 0. The standard InChI is InChI=1S/C42H74F3NO5/c1-3-5-7-9-11-13-15-17-19-21-23-25-27-29-31-33-39(47)50-37-35-46(41(49)42(43,44)45)36-38-51-40(48)34-32-30-28-26-24-22-20-18-16-14-12-10-8-6-4-2/h17-20H,3-16,21-38H2,1-2H3. The van der Waals surface area contributed by atoms with Gasteiger partial charge in [0.2, 0.25) is 0 Å². The zero-order chi connectivity index (χ0) is 37.7. The third-order valence-corrected chi connectivity index (χ3v) is 9.06. The smallest absolute Gasteiger partial charge is 0.464 e. The molecule has 0 spiro atoms. The average Bonchev–Trinajstić information content (AvgIpc) is 3.10. The molecule has 0 aromatic heterocycles. The molecule has 0 fully saturated rings. The number of carbonyl (C=O) groups excluding carboxylic acids is 3. The van der Waals surface area contributed by atoms with Crippen LogP contribution in [0.25, 0.3) is 0 Å². The molecule has 0 aliphatic heterocycles. The fourth-order valence-corrected chi connectivity index (χ4v) is 5.86. The summed E-state index contributed by atoms with van der Waals surface area (Å²) in [7, 11) is 0. The minimum atomic E-state index is -5.07. The molecule has 0 heterocycles. The van der Waals surface area contributed by atoms with E-state index in [1.165, 1.54) is 77.0 Å². The van der Waals surface area contributed by atoms with E-state index in [4.69, 9.17) is 9.47 Å². The third kappa shape index (κ3) is 34.5. The molecule has 0 atom stereocenters. The number of alkyl halides is 3. The molecule has 0 N–H and O–H groups in total. The van der Waals surface area contributed by atoms with Crippen molar-refractivity contribution in [1.29, 1.82) is 0 Å². The topological polar surface area (TPSA) is 72.9 Å². The van der Waals surface area contributed by atoms with Gasteiger partial charge >= 0.3 is 24.0 Å². The second kappa shape index (κ2) is 36.1. The molecule has 0 saturated heterocycles. The van der Waals surface area contributed by atoms with Crippen molar-refractivity contribution in [2.24, 2.45) is 0 Å². The molecule has 0 aliphatic rings. The van der Waals surface area contributed by atoms with Gasteiger partial charge in [-0.1, -0.05) is 141 Å². The van der Waals surface area contributed by atoms with Gasteiger partial charge in [0, 0.05) is 12.8 Å². The highest BCUT2D eigenvalue weighted by atomic mass is 19.4. The predicted molar refractivity (Wildman–Crippen MR) is 203 cm³/mol. The maximum absolute atomic E-state index is 13.1. The van der Waals surface area contributed by atoms with Crippen molar-refractivity contribution in [2.75, 3.05) is 26.3 Å². The van der Waals surface area contributed by atoms with Gasteiger partial charge in [-0.05, 0) is 64.2 Å². The number of amides is 1. The number of carbonyl (C=O) groups is 3. The Hall–Kier alpha value is -2.32. The molecule has 6 nitrogen and oxygen atoms in total. The Morgan fingerprint density at radius 2 is 0.765 bits per heavy atom. The SMILES string of the molecule is CCCCCCCCC=CCCCCCCCC(=O)OCCN(CCOC(=O)CCCCCCCC=CCCCCCCCC)C(=O)C(F)(F)F. The second-order valence-electron chi connectivity index (χ2n) is 13.9. The molecule has 0 aromatic rings. The van der Waals surface area contributed by atoms with Crippen molar-refractivity contribution in [2.45, 2.75) is 200 Å². The lowest BCUT2D eigenvalue weighted by molar-refractivity contribution is -0.187. The van der Waals surface area contributed by atoms with E-state index in [1.807, 2.05) is 0 Å². The first-order valence-corrected chi connectivity index (χ1v) is 20.7. The van der Waals surface area contributed by atoms with Crippen molar-refractivity contribution in [3.63, 3.8) is 0 Å². The zero-order valence-corrected chi connectivity index (χ0v) is 32.6. The van der Waals surface area contributed by atoms with Crippen molar-refractivity contribution >= 4 is 17.8 Å². The van der Waals surface area contributed by atoms with Crippen LogP contribution in [0.4, 0.5) is 13.2 Å². The lowest BCUT2D eigenvalue weighted by Gasteiger charge is -2.23. The molecule has 0 bridgehead atoms. The minimum absolute atomic E-state index is 0.194. The van der Waals surface area contributed by atoms with E-state index in [2.05, 4.69) is 38.2 Å². The Bertz CT molecular complexity index is 832. The zero-order valence-electron chi connectivity index (χ0n) is 32.6. The van der Waals surface area contributed by atoms with Crippen LogP contribution in [0.2, 0.25) is 0 Å². The Balaban J connectivity index is 3.95. The molecule has 0 radical (unpaired) electrons. The summed E-state index contributed by atoms with van der Waals surface area (Å²) in [5, 5.41) is 0. The summed E-state index contributed by atoms with van der Waals surface area (Å²) in [6, 6.07) is 0. The van der Waals surface area contributed by atoms with Gasteiger partial charge in [-0.2, -0.15) is 13.2 Å². The maximum atomic E-state index is 13.1. The van der Waals surface area contributed by atoms with E-state index in [-0.39, 0.29) is 26.1 Å². The normalized spacial score (nSPS) is 11.9. The number of ether oxygens (including phenoxy) is 2. The molecule has 51 heavy (non-hydrogen) atoms. The summed E-state index contributed by atoms with van der Waals surface area (Å²) in [4.78, 5) is 36.6. The van der Waals surface area contributed by atoms with Crippen LogP contribution in [0.15, 0.2) is 24.3 Å². The van der Waals surface area contributed by atoms with Crippen molar-refractivity contribution < 1.29 is 37.0 Å². The van der Waals surface area contributed by atoms with Crippen LogP contribution in [0.1, 0.15) is 194 Å². The summed E-state index contributed by atoms with van der Waals surface area (Å²) in [5.74, 6) is -3.01. The van der Waals surface area contributed by atoms with Gasteiger partial charge < -0.3 is 14.4 Å². The third-order valence-electron chi connectivity index (χ3n) is 9.06. The van der Waals surface area contributed by atoms with Gasteiger partial charge in [0.25, 0.3) is 0 Å². The first kappa shape index (κ1) is 48.7. The molecule has 9 heteroatoms. The number of hydrogen-bond acceptors (Lipinski definition) is 5. The first-order valence-electron chi connectivity index (χ1n) is 20.7. The Kier molecular flexibility index (Phi) is 34.4. The van der Waals surface area contributed by atoms with Crippen LogP contribution in [0.5, 0.6) is 0 Å². The first-order chi connectivity index (χ1) is 24.7. The monoisotopic (exact) mass is 730 g/mol. The van der Waals surface area contributed by atoms with Crippen LogP contribution in [-0.4, -0.2) is 55.2 Å². The van der Waals surface area contributed by atoms with Gasteiger partial charge in [-0.25, -0.2) is 0 Å². The molecule has 0 unspecified atom stereocenters. The number of unbranched alkanes of at least 4 members (excludes halogenated alkanes) is 22. The van der Waals surface area contributed by atoms with E-state index in [0.29, 0.717) is 17.7 Å². The van der Waals surface area contributed by atoms with E-state index in [1.54, 1.807) is 0 Å². The highest BCUT2D eigenvalue weighted by Gasteiger charge is 2.42. The maximum Gasteiger partial charge on any atom is 0.471 e. The molecule has 1 amide bonds. The molecule has 0 aliphatic carbocycles. The number of allylic oxidation sites excluding steroid dienone is 4. The summed E-state index contributed by atoms with van der Waals surface area (Å²) in [6.07, 6.45) is 34.2. The summed E-state index contributed by atoms with van der Waals surface area (Å²) in [5.41, 5.74) is 0. The molecule has 0 saturated carbocycles. The number of rotatable bonds is 36. The molecular formula is C42H74F3NO5. The quantitative estimate of drug-likeness (QED) is 0.0365. The Labute approximate surface area is 309 Å². The van der Waals surface area contributed by atoms with E-state index < -0.39 is 37.1 Å².